The van der Waals surface area contributed by atoms with Crippen LogP contribution in [-0.2, 0) is 12.8 Å². The van der Waals surface area contributed by atoms with Crippen molar-refractivity contribution in [3.05, 3.63) is 29.6 Å². The second-order valence-electron chi connectivity index (χ2n) is 6.59. The van der Waals surface area contributed by atoms with Crippen LogP contribution in [0.5, 0.6) is 11.5 Å². The normalized spacial score (nSPS) is 11.6. The molecule has 0 unspecified atom stereocenters. The maximum absolute atomic E-state index is 12.5. The molecule has 5 nitrogen and oxygen atoms in total. The highest BCUT2D eigenvalue weighted by atomic mass is 19.4. The van der Waals surface area contributed by atoms with Gasteiger partial charge in [0.05, 0.1) is 24.2 Å². The predicted molar refractivity (Wildman–Crippen MR) is 107 cm³/mol. The molecule has 0 spiro atoms. The van der Waals surface area contributed by atoms with Crippen molar-refractivity contribution in [2.75, 3.05) is 12.4 Å². The molecule has 0 bridgehead atoms. The lowest BCUT2D eigenvalue weighted by atomic mass is 10.1. The average molecular weight is 411 g/mol. The quantitative estimate of drug-likeness (QED) is 0.567. The highest BCUT2D eigenvalue weighted by Gasteiger charge is 2.31. The Morgan fingerprint density at radius 3 is 2.17 bits per heavy atom. The van der Waals surface area contributed by atoms with Crippen LogP contribution in [-0.4, -0.2) is 29.5 Å². The van der Waals surface area contributed by atoms with Crippen LogP contribution in [0.25, 0.3) is 11.3 Å². The minimum absolute atomic E-state index is 0.249. The first kappa shape index (κ1) is 22.8. The minimum Gasteiger partial charge on any atom is -0.496 e. The fraction of sp³-hybridized carbons (Fsp3) is 0.524. The molecule has 0 saturated carbocycles. The molecule has 0 fully saturated rings. The zero-order valence-corrected chi connectivity index (χ0v) is 17.5. The number of hydrogen-bond donors (Lipinski definition) is 1. The van der Waals surface area contributed by atoms with E-state index in [2.05, 4.69) is 23.9 Å². The summed E-state index contributed by atoms with van der Waals surface area (Å²) in [4.78, 5) is 9.59. The number of ether oxygens (including phenoxy) is 2. The number of alkyl halides is 3. The summed E-state index contributed by atoms with van der Waals surface area (Å²) in [6.45, 7) is 8.19. The van der Waals surface area contributed by atoms with E-state index < -0.39 is 6.36 Å². The van der Waals surface area contributed by atoms with E-state index in [1.165, 1.54) is 25.3 Å². The lowest BCUT2D eigenvalue weighted by Gasteiger charge is -2.20. The van der Waals surface area contributed by atoms with Crippen molar-refractivity contribution in [2.45, 2.75) is 65.8 Å². The van der Waals surface area contributed by atoms with E-state index in [1.807, 2.05) is 13.8 Å². The second kappa shape index (κ2) is 9.80. The van der Waals surface area contributed by atoms with E-state index in [-0.39, 0.29) is 11.5 Å². The first-order valence-electron chi connectivity index (χ1n) is 9.86. The maximum atomic E-state index is 12.5. The van der Waals surface area contributed by atoms with Crippen molar-refractivity contribution >= 4 is 5.82 Å². The summed E-state index contributed by atoms with van der Waals surface area (Å²) in [5.41, 5.74) is 2.74. The summed E-state index contributed by atoms with van der Waals surface area (Å²) in [5.74, 6) is 0.670. The van der Waals surface area contributed by atoms with Crippen LogP contribution in [0.2, 0.25) is 0 Å². The van der Waals surface area contributed by atoms with Gasteiger partial charge in [-0.05, 0) is 37.8 Å². The molecule has 0 aliphatic carbocycles. The molecule has 1 heterocycles. The lowest BCUT2D eigenvalue weighted by molar-refractivity contribution is -0.274. The number of aryl methyl sites for hydroxylation is 2. The molecule has 1 aromatic heterocycles. The Bertz CT molecular complexity index is 822. The van der Waals surface area contributed by atoms with Crippen molar-refractivity contribution < 1.29 is 22.6 Å². The third-order valence-electron chi connectivity index (χ3n) is 4.70. The second-order valence-corrected chi connectivity index (χ2v) is 6.59. The van der Waals surface area contributed by atoms with Crippen molar-refractivity contribution in [3.8, 4) is 22.8 Å². The lowest BCUT2D eigenvalue weighted by Crippen LogP contribution is -2.20. The molecule has 0 aliphatic heterocycles. The van der Waals surface area contributed by atoms with Gasteiger partial charge in [0, 0.05) is 17.7 Å². The summed E-state index contributed by atoms with van der Waals surface area (Å²) >= 11 is 0. The van der Waals surface area contributed by atoms with Crippen molar-refractivity contribution in [1.29, 1.82) is 0 Å². The third-order valence-corrected chi connectivity index (χ3v) is 4.70. The van der Waals surface area contributed by atoms with E-state index in [4.69, 9.17) is 14.7 Å². The molecule has 29 heavy (non-hydrogen) atoms. The summed E-state index contributed by atoms with van der Waals surface area (Å²) < 4.78 is 46.9. The van der Waals surface area contributed by atoms with Gasteiger partial charge in [-0.1, -0.05) is 27.7 Å². The summed E-state index contributed by atoms with van der Waals surface area (Å²) in [6.07, 6.45) is -1.53. The Balaban J connectivity index is 2.53. The summed E-state index contributed by atoms with van der Waals surface area (Å²) in [5, 5.41) is 3.46. The zero-order valence-electron chi connectivity index (χ0n) is 17.5. The molecular weight excluding hydrogens is 383 g/mol. The van der Waals surface area contributed by atoms with E-state index in [9.17, 15) is 13.2 Å². The number of hydrogen-bond acceptors (Lipinski definition) is 5. The zero-order chi connectivity index (χ0) is 21.6. The molecule has 0 saturated heterocycles. The number of methoxy groups -OCH3 is 1. The molecular formula is C21H28F3N3O2. The van der Waals surface area contributed by atoms with E-state index in [0.29, 0.717) is 30.1 Å². The number of anilines is 1. The minimum atomic E-state index is -4.77. The SMILES string of the molecule is CCc1nc(-c2ccc(OC(F)(F)F)cc2OC)c(CC)nc1NC(CC)CC. The van der Waals surface area contributed by atoms with Gasteiger partial charge in [-0.2, -0.15) is 0 Å². The van der Waals surface area contributed by atoms with Crippen molar-refractivity contribution in [1.82, 2.24) is 9.97 Å². The summed E-state index contributed by atoms with van der Waals surface area (Å²) in [7, 11) is 1.40. The fourth-order valence-electron chi connectivity index (χ4n) is 3.08. The third kappa shape index (κ3) is 5.74. The van der Waals surface area contributed by atoms with Crippen LogP contribution in [0, 0.1) is 0 Å². The van der Waals surface area contributed by atoms with Gasteiger partial charge in [0.1, 0.15) is 17.3 Å². The maximum Gasteiger partial charge on any atom is 0.573 e. The largest absolute Gasteiger partial charge is 0.573 e. The van der Waals surface area contributed by atoms with Gasteiger partial charge in [0.15, 0.2) is 0 Å². The van der Waals surface area contributed by atoms with E-state index in [0.717, 1.165) is 30.0 Å². The van der Waals surface area contributed by atoms with Crippen LogP contribution < -0.4 is 14.8 Å². The number of halogens is 3. The van der Waals surface area contributed by atoms with Gasteiger partial charge in [-0.15, -0.1) is 13.2 Å². The molecule has 0 aliphatic rings. The Hall–Kier alpha value is -2.51. The fourth-order valence-corrected chi connectivity index (χ4v) is 3.08. The van der Waals surface area contributed by atoms with Crippen molar-refractivity contribution in [3.63, 3.8) is 0 Å². The van der Waals surface area contributed by atoms with Gasteiger partial charge >= 0.3 is 6.36 Å². The molecule has 0 amide bonds. The van der Waals surface area contributed by atoms with Gasteiger partial charge in [-0.3, -0.25) is 0 Å². The standard InChI is InChI=1S/C21H28F3N3O2/c1-6-13(7-2)25-20-17(9-4)26-19(16(8-3)27-20)15-11-10-14(12-18(15)28-5)29-21(22,23)24/h10-13H,6-9H2,1-5H3,(H,25,27). The van der Waals surface area contributed by atoms with Gasteiger partial charge < -0.3 is 14.8 Å². The molecule has 0 radical (unpaired) electrons. The molecule has 1 aromatic carbocycles. The van der Waals surface area contributed by atoms with Crippen LogP contribution in [0.1, 0.15) is 51.9 Å². The Morgan fingerprint density at radius 2 is 1.66 bits per heavy atom. The van der Waals surface area contributed by atoms with Crippen LogP contribution in [0.3, 0.4) is 0 Å². The number of aromatic nitrogens is 2. The smallest absolute Gasteiger partial charge is 0.496 e. The highest BCUT2D eigenvalue weighted by molar-refractivity contribution is 5.71. The molecule has 8 heteroatoms. The predicted octanol–water partition coefficient (Wildman–Crippen LogP) is 5.78. The van der Waals surface area contributed by atoms with Gasteiger partial charge in [0.2, 0.25) is 0 Å². The molecule has 0 atom stereocenters. The summed E-state index contributed by atoms with van der Waals surface area (Å²) in [6, 6.07) is 4.30. The molecule has 1 N–H and O–H groups in total. The van der Waals surface area contributed by atoms with Gasteiger partial charge in [0.25, 0.3) is 0 Å². The first-order valence-corrected chi connectivity index (χ1v) is 9.86. The Kier molecular flexibility index (Phi) is 7.70. The topological polar surface area (TPSA) is 56.3 Å². The van der Waals surface area contributed by atoms with Gasteiger partial charge in [-0.25, -0.2) is 9.97 Å². The first-order chi connectivity index (χ1) is 13.8. The van der Waals surface area contributed by atoms with Crippen LogP contribution in [0.15, 0.2) is 18.2 Å². The van der Waals surface area contributed by atoms with Crippen molar-refractivity contribution in [2.24, 2.45) is 0 Å². The number of benzene rings is 1. The van der Waals surface area contributed by atoms with E-state index in [1.54, 1.807) is 0 Å². The van der Waals surface area contributed by atoms with Crippen LogP contribution >= 0.6 is 0 Å². The monoisotopic (exact) mass is 411 g/mol. The number of rotatable bonds is 9. The molecule has 2 aromatic rings. The van der Waals surface area contributed by atoms with Crippen LogP contribution in [0.4, 0.5) is 19.0 Å². The van der Waals surface area contributed by atoms with E-state index >= 15 is 0 Å². The Labute approximate surface area is 169 Å². The molecule has 160 valence electrons. The number of nitrogens with zero attached hydrogens (tertiary/aromatic N) is 2. The molecule has 2 rings (SSSR count). The highest BCUT2D eigenvalue weighted by Crippen LogP contribution is 2.36. The Morgan fingerprint density at radius 1 is 1.00 bits per heavy atom. The number of nitrogens with one attached hydrogen (secondary N) is 1. The average Bonchev–Trinajstić information content (AvgIpc) is 2.70.